The van der Waals surface area contributed by atoms with Crippen molar-refractivity contribution < 1.29 is 19.0 Å². The maximum absolute atomic E-state index is 13.0. The van der Waals surface area contributed by atoms with E-state index in [0.717, 1.165) is 16.8 Å². The fraction of sp³-hybridized carbons (Fsp3) is 0.188. The van der Waals surface area contributed by atoms with Gasteiger partial charge in [-0.25, -0.2) is 3.93 Å². The van der Waals surface area contributed by atoms with Crippen LogP contribution in [-0.2, 0) is 10.2 Å². The van der Waals surface area contributed by atoms with Gasteiger partial charge in [-0.3, -0.25) is 4.79 Å². The molecule has 2 aromatic carbocycles. The maximum Gasteiger partial charge on any atom is 0.255 e. The van der Waals surface area contributed by atoms with Gasteiger partial charge in [-0.05, 0) is 12.1 Å². The summed E-state index contributed by atoms with van der Waals surface area (Å²) in [6.45, 7) is 0.476. The molecule has 2 aromatic rings. The molecule has 22 heavy (non-hydrogen) atoms. The van der Waals surface area contributed by atoms with Crippen molar-refractivity contribution >= 4 is 27.7 Å². The van der Waals surface area contributed by atoms with Crippen molar-refractivity contribution in [3.05, 3.63) is 47.5 Å². The molecular weight excluding hydrogens is 350 g/mol. The second-order valence-electron chi connectivity index (χ2n) is 5.50. The molecule has 0 saturated heterocycles. The number of nitrogens with zero attached hydrogens (tertiary/aromatic N) is 1. The van der Waals surface area contributed by atoms with Gasteiger partial charge in [-0.15, -0.1) is 0 Å². The van der Waals surface area contributed by atoms with Gasteiger partial charge < -0.3 is 14.2 Å². The number of anilines is 1. The molecule has 1 unspecified atom stereocenters. The van der Waals surface area contributed by atoms with Gasteiger partial charge >= 0.3 is 0 Å². The molecular formula is C16H10BrNO4. The van der Waals surface area contributed by atoms with Crippen LogP contribution in [-0.4, -0.2) is 19.3 Å². The molecule has 5 rings (SSSR count). The Morgan fingerprint density at radius 1 is 1.00 bits per heavy atom. The van der Waals surface area contributed by atoms with Gasteiger partial charge in [0, 0.05) is 17.2 Å². The Labute approximate surface area is 134 Å². The molecule has 0 fully saturated rings. The number of fused-ring (bicyclic) bond motifs is 5. The Morgan fingerprint density at radius 3 is 2.64 bits per heavy atom. The highest BCUT2D eigenvalue weighted by Gasteiger charge is 2.57. The lowest BCUT2D eigenvalue weighted by atomic mass is 9.77. The standard InChI is InChI=1S/C16H10BrNO4/c17-18-11-4-2-1-3-9(11)16(15(18)19)7-20-12-6-14-13(5-10(12)16)21-8-22-14/h1-6H,7-8H2. The van der Waals surface area contributed by atoms with Gasteiger partial charge in [0.05, 0.1) is 21.8 Å². The Balaban J connectivity index is 1.80. The Bertz CT molecular complexity index is 837. The Hall–Kier alpha value is -2.21. The molecule has 0 saturated carbocycles. The zero-order chi connectivity index (χ0) is 14.9. The van der Waals surface area contributed by atoms with Crippen LogP contribution in [0.3, 0.4) is 0 Å². The number of para-hydroxylation sites is 1. The summed E-state index contributed by atoms with van der Waals surface area (Å²) >= 11 is 3.37. The Morgan fingerprint density at radius 2 is 1.77 bits per heavy atom. The zero-order valence-corrected chi connectivity index (χ0v) is 12.9. The smallest absolute Gasteiger partial charge is 0.255 e. The first-order valence-corrected chi connectivity index (χ1v) is 7.59. The van der Waals surface area contributed by atoms with Crippen LogP contribution < -0.4 is 18.1 Å². The molecule has 110 valence electrons. The SMILES string of the molecule is O=C1N(Br)c2ccccc2C12COc1cc3c(cc12)OCO3. The van der Waals surface area contributed by atoms with E-state index in [1.54, 1.807) is 6.07 Å². The summed E-state index contributed by atoms with van der Waals surface area (Å²) in [5.74, 6) is 1.94. The topological polar surface area (TPSA) is 48.0 Å². The first kappa shape index (κ1) is 12.3. The van der Waals surface area contributed by atoms with E-state index < -0.39 is 5.41 Å². The number of benzene rings is 2. The van der Waals surface area contributed by atoms with E-state index in [1.165, 1.54) is 3.93 Å². The van der Waals surface area contributed by atoms with Crippen LogP contribution in [0.1, 0.15) is 11.1 Å². The quantitative estimate of drug-likeness (QED) is 0.678. The van der Waals surface area contributed by atoms with Crippen LogP contribution >= 0.6 is 16.1 Å². The highest BCUT2D eigenvalue weighted by molar-refractivity contribution is 9.10. The number of halogens is 1. The molecule has 0 aliphatic carbocycles. The molecule has 6 heteroatoms. The molecule has 0 bridgehead atoms. The van der Waals surface area contributed by atoms with Crippen molar-refractivity contribution in [1.82, 2.24) is 0 Å². The molecule has 3 aliphatic rings. The fourth-order valence-electron chi connectivity index (χ4n) is 3.44. The van der Waals surface area contributed by atoms with Crippen molar-refractivity contribution in [1.29, 1.82) is 0 Å². The fourth-order valence-corrected chi connectivity index (χ4v) is 4.05. The van der Waals surface area contributed by atoms with Gasteiger partial charge in [0.25, 0.3) is 5.91 Å². The lowest BCUT2D eigenvalue weighted by Gasteiger charge is -2.20. The summed E-state index contributed by atoms with van der Waals surface area (Å²) in [5.41, 5.74) is 1.79. The van der Waals surface area contributed by atoms with E-state index in [0.29, 0.717) is 17.2 Å². The first-order chi connectivity index (χ1) is 10.7. The number of amides is 1. The average Bonchev–Trinajstić information content (AvgIpc) is 3.20. The van der Waals surface area contributed by atoms with Gasteiger partial charge in [-0.1, -0.05) is 18.2 Å². The second-order valence-corrected chi connectivity index (χ2v) is 6.21. The van der Waals surface area contributed by atoms with Crippen molar-refractivity contribution in [2.45, 2.75) is 5.41 Å². The number of carbonyl (C=O) groups is 1. The molecule has 1 spiro atoms. The number of hydrogen-bond acceptors (Lipinski definition) is 4. The number of ether oxygens (including phenoxy) is 3. The molecule has 3 heterocycles. The van der Waals surface area contributed by atoms with Gasteiger partial charge in [0.15, 0.2) is 11.5 Å². The van der Waals surface area contributed by atoms with Crippen molar-refractivity contribution in [2.24, 2.45) is 0 Å². The lowest BCUT2D eigenvalue weighted by molar-refractivity contribution is -0.120. The lowest BCUT2D eigenvalue weighted by Crippen LogP contribution is -2.39. The molecule has 0 radical (unpaired) electrons. The van der Waals surface area contributed by atoms with Crippen LogP contribution in [0.4, 0.5) is 5.69 Å². The average molecular weight is 360 g/mol. The third kappa shape index (κ3) is 1.27. The minimum absolute atomic E-state index is 0.0497. The van der Waals surface area contributed by atoms with E-state index in [9.17, 15) is 4.79 Å². The molecule has 1 amide bonds. The van der Waals surface area contributed by atoms with E-state index in [4.69, 9.17) is 14.2 Å². The number of rotatable bonds is 0. The predicted molar refractivity (Wildman–Crippen MR) is 81.7 cm³/mol. The van der Waals surface area contributed by atoms with Gasteiger partial charge in [-0.2, -0.15) is 0 Å². The summed E-state index contributed by atoms with van der Waals surface area (Å²) in [4.78, 5) is 13.0. The van der Waals surface area contributed by atoms with E-state index in [2.05, 4.69) is 16.1 Å². The van der Waals surface area contributed by atoms with Crippen LogP contribution in [0.5, 0.6) is 17.2 Å². The van der Waals surface area contributed by atoms with Gasteiger partial charge in [0.1, 0.15) is 17.8 Å². The van der Waals surface area contributed by atoms with Crippen molar-refractivity contribution in [2.75, 3.05) is 17.3 Å². The second kappa shape index (κ2) is 3.95. The van der Waals surface area contributed by atoms with E-state index in [1.807, 2.05) is 30.3 Å². The number of hydrogen-bond donors (Lipinski definition) is 0. The van der Waals surface area contributed by atoms with Crippen molar-refractivity contribution in [3.63, 3.8) is 0 Å². The van der Waals surface area contributed by atoms with Crippen LogP contribution in [0.15, 0.2) is 36.4 Å². The minimum Gasteiger partial charge on any atom is -0.491 e. The largest absolute Gasteiger partial charge is 0.491 e. The summed E-state index contributed by atoms with van der Waals surface area (Å²) in [6.07, 6.45) is 0. The number of carbonyl (C=O) groups excluding carboxylic acids is 1. The molecule has 0 N–H and O–H groups in total. The highest BCUT2D eigenvalue weighted by Crippen LogP contribution is 2.55. The maximum atomic E-state index is 13.0. The van der Waals surface area contributed by atoms with Crippen LogP contribution in [0.2, 0.25) is 0 Å². The highest BCUT2D eigenvalue weighted by atomic mass is 79.9. The third-order valence-electron chi connectivity index (χ3n) is 4.50. The predicted octanol–water partition coefficient (Wildman–Crippen LogP) is 2.75. The minimum atomic E-state index is -0.823. The molecule has 5 nitrogen and oxygen atoms in total. The Kier molecular flexibility index (Phi) is 2.22. The van der Waals surface area contributed by atoms with E-state index >= 15 is 0 Å². The van der Waals surface area contributed by atoms with Crippen LogP contribution in [0, 0.1) is 0 Å². The monoisotopic (exact) mass is 359 g/mol. The van der Waals surface area contributed by atoms with Crippen LogP contribution in [0.25, 0.3) is 0 Å². The summed E-state index contributed by atoms with van der Waals surface area (Å²) in [6, 6.07) is 11.4. The summed E-state index contributed by atoms with van der Waals surface area (Å²) < 4.78 is 18.2. The van der Waals surface area contributed by atoms with Crippen molar-refractivity contribution in [3.8, 4) is 17.2 Å². The van der Waals surface area contributed by atoms with E-state index in [-0.39, 0.29) is 19.3 Å². The summed E-state index contributed by atoms with van der Waals surface area (Å²) in [7, 11) is 0. The zero-order valence-electron chi connectivity index (χ0n) is 11.3. The molecule has 0 aromatic heterocycles. The molecule has 1 atom stereocenters. The molecule has 3 aliphatic heterocycles. The summed E-state index contributed by atoms with van der Waals surface area (Å²) in [5, 5.41) is 0. The first-order valence-electron chi connectivity index (χ1n) is 6.88. The van der Waals surface area contributed by atoms with Gasteiger partial charge in [0.2, 0.25) is 6.79 Å². The third-order valence-corrected chi connectivity index (χ3v) is 5.20. The normalized spacial score (nSPS) is 23.7.